The minimum atomic E-state index is -3.64. The molecule has 0 saturated carbocycles. The first-order valence-corrected chi connectivity index (χ1v) is 15.4. The maximum atomic E-state index is 12.7. The molecule has 0 radical (unpaired) electrons. The number of sulfonamides is 1. The Labute approximate surface area is 218 Å². The Morgan fingerprint density at radius 3 is 2.68 bits per heavy atom. The first-order chi connectivity index (χ1) is 16.5. The number of thioether (sulfide) groups is 1. The average molecular weight is 583 g/mol. The molecular weight excluding hydrogens is 554 g/mol. The zero-order valence-electron chi connectivity index (χ0n) is 19.0. The third-order valence-corrected chi connectivity index (χ3v) is 10.1. The summed E-state index contributed by atoms with van der Waals surface area (Å²) in [4.78, 5) is 7.69. The zero-order chi connectivity index (χ0) is 24.0. The number of nitrogens with zero attached hydrogens (tertiary/aromatic N) is 1. The Morgan fingerprint density at radius 2 is 1.85 bits per heavy atom. The second kappa shape index (κ2) is 11.9. The number of thiazole rings is 1. The van der Waals surface area contributed by atoms with Gasteiger partial charge in [-0.05, 0) is 53.4 Å². The molecule has 3 aromatic rings. The maximum absolute atomic E-state index is 12.7. The molecule has 0 aliphatic carbocycles. The molecule has 0 spiro atoms. The lowest BCUT2D eigenvalue weighted by Crippen LogP contribution is -2.25. The second-order valence-corrected chi connectivity index (χ2v) is 12.7. The highest BCUT2D eigenvalue weighted by molar-refractivity contribution is 9.10. The number of unbranched alkanes of at least 4 members (excludes halogenated alkanes) is 3. The summed E-state index contributed by atoms with van der Waals surface area (Å²) in [7, 11) is -2.17. The number of anilines is 1. The lowest BCUT2D eigenvalue weighted by Gasteiger charge is -2.12. The minimum absolute atomic E-state index is 0.143. The van der Waals surface area contributed by atoms with Crippen LogP contribution in [-0.4, -0.2) is 39.4 Å². The van der Waals surface area contributed by atoms with Gasteiger partial charge in [0.05, 0.1) is 12.8 Å². The summed E-state index contributed by atoms with van der Waals surface area (Å²) in [6.07, 6.45) is 4.83. The Hall–Kier alpha value is -1.59. The number of nitrogens with one attached hydrogen (secondary N) is 2. The Balaban J connectivity index is 1.19. The molecule has 0 amide bonds. The van der Waals surface area contributed by atoms with Crippen LogP contribution in [0, 0.1) is 0 Å². The van der Waals surface area contributed by atoms with Crippen LogP contribution in [0.2, 0.25) is 0 Å². The molecular formula is C24H28BrN3O3S3. The van der Waals surface area contributed by atoms with Crippen LogP contribution in [0.4, 0.5) is 5.13 Å². The normalized spacial score (nSPS) is 13.1. The van der Waals surface area contributed by atoms with Gasteiger partial charge in [0.25, 0.3) is 0 Å². The molecule has 2 heterocycles. The highest BCUT2D eigenvalue weighted by atomic mass is 79.9. The van der Waals surface area contributed by atoms with E-state index in [9.17, 15) is 8.42 Å². The largest absolute Gasteiger partial charge is 0.495 e. The summed E-state index contributed by atoms with van der Waals surface area (Å²) in [6.45, 7) is 1.26. The molecule has 2 aromatic carbocycles. The summed E-state index contributed by atoms with van der Waals surface area (Å²) in [5, 5.41) is 4.47. The first kappa shape index (κ1) is 25.5. The number of halogens is 1. The van der Waals surface area contributed by atoms with Crippen molar-refractivity contribution in [1.29, 1.82) is 0 Å². The van der Waals surface area contributed by atoms with E-state index in [2.05, 4.69) is 50.2 Å². The van der Waals surface area contributed by atoms with Gasteiger partial charge in [-0.25, -0.2) is 18.1 Å². The van der Waals surface area contributed by atoms with Crippen molar-refractivity contribution in [2.45, 2.75) is 41.9 Å². The highest BCUT2D eigenvalue weighted by Gasteiger charge is 2.22. The first-order valence-electron chi connectivity index (χ1n) is 11.3. The van der Waals surface area contributed by atoms with Gasteiger partial charge in [0.15, 0.2) is 5.13 Å². The van der Waals surface area contributed by atoms with Gasteiger partial charge in [-0.1, -0.05) is 37.1 Å². The van der Waals surface area contributed by atoms with E-state index in [1.54, 1.807) is 29.5 Å². The van der Waals surface area contributed by atoms with Gasteiger partial charge in [0.1, 0.15) is 10.6 Å². The van der Waals surface area contributed by atoms with Crippen LogP contribution in [0.5, 0.6) is 5.75 Å². The molecule has 10 heteroatoms. The SMILES string of the molecule is COc1cccc(Br)c1S(=O)(=O)NCCCCCCNc1nc2c(s1)CCSc1ccccc1-2. The fourth-order valence-corrected chi connectivity index (χ4v) is 8.27. The van der Waals surface area contributed by atoms with Crippen LogP contribution in [0.15, 0.2) is 56.7 Å². The predicted molar refractivity (Wildman–Crippen MR) is 145 cm³/mol. The zero-order valence-corrected chi connectivity index (χ0v) is 23.0. The van der Waals surface area contributed by atoms with E-state index in [0.717, 1.165) is 55.2 Å². The fourth-order valence-electron chi connectivity index (χ4n) is 3.84. The van der Waals surface area contributed by atoms with E-state index in [1.165, 1.54) is 22.4 Å². The molecule has 1 aliphatic rings. The van der Waals surface area contributed by atoms with E-state index >= 15 is 0 Å². The molecule has 182 valence electrons. The van der Waals surface area contributed by atoms with Crippen molar-refractivity contribution in [2.75, 3.05) is 31.3 Å². The summed E-state index contributed by atoms with van der Waals surface area (Å²) < 4.78 is 33.7. The molecule has 6 nitrogen and oxygen atoms in total. The van der Waals surface area contributed by atoms with Crippen molar-refractivity contribution in [3.05, 3.63) is 51.8 Å². The number of methoxy groups -OCH3 is 1. The standard InChI is InChI=1S/C24H28BrN3O3S3/c1-31-19-11-8-10-18(25)23(19)34(29,30)27-15-7-3-2-6-14-26-24-28-22-17-9-4-5-12-20(17)32-16-13-21(22)33-24/h4-5,8-12,27H,2-3,6-7,13-16H2,1H3,(H,26,28). The fraction of sp³-hybridized carbons (Fsp3) is 0.375. The molecule has 4 rings (SSSR count). The van der Waals surface area contributed by atoms with Crippen molar-refractivity contribution in [1.82, 2.24) is 9.71 Å². The summed E-state index contributed by atoms with van der Waals surface area (Å²) in [6, 6.07) is 13.6. The van der Waals surface area contributed by atoms with Crippen molar-refractivity contribution in [3.63, 3.8) is 0 Å². The smallest absolute Gasteiger partial charge is 0.245 e. The molecule has 0 saturated heterocycles. The maximum Gasteiger partial charge on any atom is 0.245 e. The molecule has 1 aromatic heterocycles. The van der Waals surface area contributed by atoms with Crippen LogP contribution in [0.1, 0.15) is 30.6 Å². The molecule has 2 N–H and O–H groups in total. The predicted octanol–water partition coefficient (Wildman–Crippen LogP) is 6.18. The van der Waals surface area contributed by atoms with Crippen LogP contribution < -0.4 is 14.8 Å². The number of benzene rings is 2. The Kier molecular flexibility index (Phi) is 8.92. The van der Waals surface area contributed by atoms with Crippen LogP contribution in [0.3, 0.4) is 0 Å². The van der Waals surface area contributed by atoms with Gasteiger partial charge in [-0.3, -0.25) is 0 Å². The van der Waals surface area contributed by atoms with E-state index in [4.69, 9.17) is 9.72 Å². The van der Waals surface area contributed by atoms with E-state index in [0.29, 0.717) is 16.8 Å². The minimum Gasteiger partial charge on any atom is -0.495 e. The topological polar surface area (TPSA) is 80.3 Å². The van der Waals surface area contributed by atoms with Crippen molar-refractivity contribution >= 4 is 54.2 Å². The Bertz CT molecular complexity index is 1230. The number of fused-ring (bicyclic) bond motifs is 3. The molecule has 0 fully saturated rings. The lowest BCUT2D eigenvalue weighted by atomic mass is 10.1. The second-order valence-electron chi connectivity index (χ2n) is 7.90. The van der Waals surface area contributed by atoms with Crippen molar-refractivity contribution in [3.8, 4) is 17.0 Å². The molecule has 0 atom stereocenters. The number of ether oxygens (including phenoxy) is 1. The molecule has 1 aliphatic heterocycles. The van der Waals surface area contributed by atoms with E-state index in [1.807, 2.05) is 11.8 Å². The van der Waals surface area contributed by atoms with Crippen molar-refractivity contribution < 1.29 is 13.2 Å². The van der Waals surface area contributed by atoms with Gasteiger partial charge in [-0.2, -0.15) is 0 Å². The third kappa shape index (κ3) is 6.15. The Morgan fingerprint density at radius 1 is 1.06 bits per heavy atom. The summed E-state index contributed by atoms with van der Waals surface area (Å²) in [5.41, 5.74) is 2.37. The lowest BCUT2D eigenvalue weighted by molar-refractivity contribution is 0.401. The van der Waals surface area contributed by atoms with Gasteiger partial charge >= 0.3 is 0 Å². The van der Waals surface area contributed by atoms with Gasteiger partial charge in [0, 0.05) is 38.7 Å². The van der Waals surface area contributed by atoms with Crippen molar-refractivity contribution in [2.24, 2.45) is 0 Å². The van der Waals surface area contributed by atoms with E-state index < -0.39 is 10.0 Å². The third-order valence-electron chi connectivity index (χ3n) is 5.52. The quantitative estimate of drug-likeness (QED) is 0.263. The summed E-state index contributed by atoms with van der Waals surface area (Å²) in [5.74, 6) is 1.42. The van der Waals surface area contributed by atoms with Gasteiger partial charge < -0.3 is 10.1 Å². The van der Waals surface area contributed by atoms with Crippen LogP contribution >= 0.6 is 39.0 Å². The monoisotopic (exact) mass is 581 g/mol. The van der Waals surface area contributed by atoms with E-state index in [-0.39, 0.29) is 4.90 Å². The van der Waals surface area contributed by atoms with Gasteiger partial charge in [-0.15, -0.1) is 23.1 Å². The number of hydrogen-bond donors (Lipinski definition) is 2. The number of rotatable bonds is 11. The van der Waals surface area contributed by atoms with Crippen LogP contribution in [0.25, 0.3) is 11.3 Å². The molecule has 0 unspecified atom stereocenters. The number of aromatic nitrogens is 1. The number of aryl methyl sites for hydroxylation is 1. The molecule has 34 heavy (non-hydrogen) atoms. The van der Waals surface area contributed by atoms with Gasteiger partial charge in [0.2, 0.25) is 10.0 Å². The number of hydrogen-bond acceptors (Lipinski definition) is 7. The van der Waals surface area contributed by atoms with Crippen LogP contribution in [-0.2, 0) is 16.4 Å². The summed E-state index contributed by atoms with van der Waals surface area (Å²) >= 11 is 6.98. The average Bonchev–Trinajstić information content (AvgIpc) is 3.15. The highest BCUT2D eigenvalue weighted by Crippen LogP contribution is 2.40. The molecule has 0 bridgehead atoms.